The van der Waals surface area contributed by atoms with Crippen LogP contribution in [0.5, 0.6) is 0 Å². The van der Waals surface area contributed by atoms with E-state index in [0.29, 0.717) is 12.8 Å². The molecule has 0 saturated heterocycles. The predicted molar refractivity (Wildman–Crippen MR) is 72.7 cm³/mol. The number of aromatic carboxylic acids is 1. The van der Waals surface area contributed by atoms with Gasteiger partial charge in [0.2, 0.25) is 15.8 Å². The van der Waals surface area contributed by atoms with Crippen molar-refractivity contribution in [3.63, 3.8) is 0 Å². The van der Waals surface area contributed by atoms with E-state index in [1.54, 1.807) is 6.92 Å². The van der Waals surface area contributed by atoms with Gasteiger partial charge in [0.15, 0.2) is 4.67 Å². The van der Waals surface area contributed by atoms with Crippen LogP contribution in [0.15, 0.2) is 20.0 Å². The summed E-state index contributed by atoms with van der Waals surface area (Å²) in [5.41, 5.74) is -0.584. The molecule has 0 aromatic carbocycles. The zero-order chi connectivity index (χ0) is 14.8. The van der Waals surface area contributed by atoms with E-state index < -0.39 is 27.3 Å². The summed E-state index contributed by atoms with van der Waals surface area (Å²) in [6, 6.07) is 0.987. The number of carboxylic acid groups (broad SMARTS) is 1. The highest BCUT2D eigenvalue weighted by molar-refractivity contribution is 9.10. The summed E-state index contributed by atoms with van der Waals surface area (Å²) < 4.78 is 31.7. The molecule has 1 aromatic rings. The number of carbonyl (C=O) groups is 1. The molecule has 2 N–H and O–H groups in total. The smallest absolute Gasteiger partial charge is 0.371 e. The first-order chi connectivity index (χ1) is 8.65. The molecule has 19 heavy (non-hydrogen) atoms. The first-order valence-corrected chi connectivity index (χ1v) is 7.99. The van der Waals surface area contributed by atoms with Crippen LogP contribution in [0.1, 0.15) is 44.2 Å². The lowest BCUT2D eigenvalue weighted by molar-refractivity contribution is 0.0661. The van der Waals surface area contributed by atoms with Crippen molar-refractivity contribution in [2.24, 2.45) is 0 Å². The molecule has 0 aliphatic carbocycles. The van der Waals surface area contributed by atoms with Gasteiger partial charge in [-0.1, -0.05) is 13.8 Å². The highest BCUT2D eigenvalue weighted by atomic mass is 79.9. The zero-order valence-electron chi connectivity index (χ0n) is 10.9. The van der Waals surface area contributed by atoms with Crippen molar-refractivity contribution in [2.75, 3.05) is 0 Å². The van der Waals surface area contributed by atoms with Crippen LogP contribution >= 0.6 is 15.9 Å². The third-order valence-electron chi connectivity index (χ3n) is 3.10. The quantitative estimate of drug-likeness (QED) is 0.819. The average molecular weight is 354 g/mol. The monoisotopic (exact) mass is 353 g/mol. The van der Waals surface area contributed by atoms with Crippen LogP contribution in [-0.4, -0.2) is 25.0 Å². The van der Waals surface area contributed by atoms with Crippen LogP contribution in [-0.2, 0) is 10.0 Å². The Labute approximate surface area is 120 Å². The average Bonchev–Trinajstić information content (AvgIpc) is 2.71. The minimum atomic E-state index is -3.84. The van der Waals surface area contributed by atoms with Gasteiger partial charge in [0, 0.05) is 11.6 Å². The van der Waals surface area contributed by atoms with E-state index in [0.717, 1.165) is 6.07 Å². The summed E-state index contributed by atoms with van der Waals surface area (Å²) in [6.07, 6.45) is 1.23. The van der Waals surface area contributed by atoms with Gasteiger partial charge in [0.1, 0.15) is 4.90 Å². The minimum absolute atomic E-state index is 0.119. The number of rotatable bonds is 6. The summed E-state index contributed by atoms with van der Waals surface area (Å²) in [5, 5.41) is 8.78. The normalized spacial score (nSPS) is 12.6. The number of nitrogens with one attached hydrogen (secondary N) is 1. The van der Waals surface area contributed by atoms with Gasteiger partial charge in [0.05, 0.1) is 0 Å². The second kappa shape index (κ2) is 5.64. The molecule has 0 aliphatic heterocycles. The Hall–Kier alpha value is -0.860. The minimum Gasteiger partial charge on any atom is -0.475 e. The lowest BCUT2D eigenvalue weighted by Crippen LogP contribution is -2.44. The molecule has 6 nitrogen and oxygen atoms in total. The maximum atomic E-state index is 12.2. The highest BCUT2D eigenvalue weighted by Crippen LogP contribution is 2.28. The molecule has 0 radical (unpaired) electrons. The lowest BCUT2D eigenvalue weighted by Gasteiger charge is -2.27. The van der Waals surface area contributed by atoms with Crippen LogP contribution in [0.2, 0.25) is 0 Å². The van der Waals surface area contributed by atoms with Crippen LogP contribution in [0.3, 0.4) is 0 Å². The van der Waals surface area contributed by atoms with Gasteiger partial charge in [-0.3, -0.25) is 0 Å². The molecule has 0 fully saturated rings. The topological polar surface area (TPSA) is 96.6 Å². The first kappa shape index (κ1) is 16.2. The number of furan rings is 1. The van der Waals surface area contributed by atoms with Gasteiger partial charge >= 0.3 is 5.97 Å². The summed E-state index contributed by atoms with van der Waals surface area (Å²) in [6.45, 7) is 5.54. The maximum absolute atomic E-state index is 12.2. The second-order valence-corrected chi connectivity index (χ2v) is 6.80. The Morgan fingerprint density at radius 2 is 2.00 bits per heavy atom. The second-order valence-electron chi connectivity index (χ2n) is 4.43. The van der Waals surface area contributed by atoms with E-state index in [9.17, 15) is 13.2 Å². The molecule has 1 aromatic heterocycles. The molecule has 0 aliphatic rings. The number of hydrogen-bond donors (Lipinski definition) is 2. The van der Waals surface area contributed by atoms with Crippen LogP contribution in [0.25, 0.3) is 0 Å². The molecule has 1 rings (SSSR count). The molecule has 8 heteroatoms. The van der Waals surface area contributed by atoms with Crippen molar-refractivity contribution in [3.8, 4) is 0 Å². The van der Waals surface area contributed by atoms with E-state index in [-0.39, 0.29) is 9.56 Å². The third-order valence-corrected chi connectivity index (χ3v) is 5.59. The number of hydrogen-bond acceptors (Lipinski definition) is 4. The van der Waals surface area contributed by atoms with E-state index in [4.69, 9.17) is 9.52 Å². The van der Waals surface area contributed by atoms with Crippen molar-refractivity contribution in [3.05, 3.63) is 16.5 Å². The molecular formula is C11H16BrNO5S. The number of sulfonamides is 1. The Morgan fingerprint density at radius 1 is 1.47 bits per heavy atom. The lowest BCUT2D eigenvalue weighted by atomic mass is 9.98. The standard InChI is InChI=1S/C11H16BrNO5S/c1-4-11(3,5-2)13-19(16,17)8-6-7(10(14)15)18-9(8)12/h6,13H,4-5H2,1-3H3,(H,14,15). The van der Waals surface area contributed by atoms with Crippen molar-refractivity contribution in [1.29, 1.82) is 0 Å². The van der Waals surface area contributed by atoms with E-state index >= 15 is 0 Å². The third kappa shape index (κ3) is 3.58. The fourth-order valence-corrected chi connectivity index (χ4v) is 3.91. The van der Waals surface area contributed by atoms with Gasteiger partial charge in [-0.25, -0.2) is 17.9 Å². The van der Waals surface area contributed by atoms with Gasteiger partial charge in [-0.05, 0) is 35.7 Å². The van der Waals surface area contributed by atoms with Gasteiger partial charge in [0.25, 0.3) is 0 Å². The van der Waals surface area contributed by atoms with Gasteiger partial charge in [-0.15, -0.1) is 0 Å². The molecule has 0 bridgehead atoms. The summed E-state index contributed by atoms with van der Waals surface area (Å²) in [7, 11) is -3.84. The summed E-state index contributed by atoms with van der Waals surface area (Å²) in [5.74, 6) is -1.75. The molecule has 108 valence electrons. The van der Waals surface area contributed by atoms with Crippen molar-refractivity contribution < 1.29 is 22.7 Å². The predicted octanol–water partition coefficient (Wildman–Crippen LogP) is 2.60. The van der Waals surface area contributed by atoms with Gasteiger partial charge in [-0.2, -0.15) is 0 Å². The van der Waals surface area contributed by atoms with Crippen LogP contribution < -0.4 is 4.72 Å². The first-order valence-electron chi connectivity index (χ1n) is 5.72. The molecule has 0 saturated carbocycles. The van der Waals surface area contributed by atoms with Crippen molar-refractivity contribution >= 4 is 31.9 Å². The summed E-state index contributed by atoms with van der Waals surface area (Å²) in [4.78, 5) is 10.6. The Kier molecular flexibility index (Phi) is 4.81. The van der Waals surface area contributed by atoms with Crippen LogP contribution in [0.4, 0.5) is 0 Å². The highest BCUT2D eigenvalue weighted by Gasteiger charge is 2.31. The largest absolute Gasteiger partial charge is 0.475 e. The maximum Gasteiger partial charge on any atom is 0.371 e. The summed E-state index contributed by atoms with van der Waals surface area (Å²) >= 11 is 2.92. The van der Waals surface area contributed by atoms with Gasteiger partial charge < -0.3 is 9.52 Å². The molecule has 0 amide bonds. The van der Waals surface area contributed by atoms with Crippen molar-refractivity contribution in [1.82, 2.24) is 4.72 Å². The molecule has 0 atom stereocenters. The molecule has 1 heterocycles. The fourth-order valence-electron chi connectivity index (χ4n) is 1.41. The Balaban J connectivity index is 3.18. The Morgan fingerprint density at radius 3 is 2.37 bits per heavy atom. The van der Waals surface area contributed by atoms with E-state index in [1.807, 2.05) is 13.8 Å². The fraction of sp³-hybridized carbons (Fsp3) is 0.545. The number of halogens is 1. The Bertz CT molecular complexity index is 574. The van der Waals surface area contributed by atoms with Crippen LogP contribution in [0, 0.1) is 0 Å². The van der Waals surface area contributed by atoms with Crippen molar-refractivity contribution in [2.45, 2.75) is 44.0 Å². The molecule has 0 unspecified atom stereocenters. The van der Waals surface area contributed by atoms with E-state index in [1.165, 1.54) is 0 Å². The van der Waals surface area contributed by atoms with E-state index in [2.05, 4.69) is 20.7 Å². The SMILES string of the molecule is CCC(C)(CC)NS(=O)(=O)c1cc(C(=O)O)oc1Br. The molecular weight excluding hydrogens is 338 g/mol. The zero-order valence-corrected chi connectivity index (χ0v) is 13.3. The number of carboxylic acids is 1. The molecule has 0 spiro atoms.